The number of benzene rings is 2. The highest BCUT2D eigenvalue weighted by molar-refractivity contribution is 7.92. The minimum Gasteiger partial charge on any atom is -0.346 e. The molecule has 0 radical (unpaired) electrons. The third kappa shape index (κ3) is 6.64. The molecule has 0 bridgehead atoms. The molecule has 2 aliphatic carbocycles. The van der Waals surface area contributed by atoms with Gasteiger partial charge in [0.25, 0.3) is 5.92 Å². The van der Waals surface area contributed by atoms with Crippen LogP contribution >= 0.6 is 0 Å². The summed E-state index contributed by atoms with van der Waals surface area (Å²) in [6.45, 7) is -1.04. The molecule has 0 aliphatic heterocycles. The van der Waals surface area contributed by atoms with E-state index in [4.69, 9.17) is 4.98 Å². The second kappa shape index (κ2) is 12.9. The lowest BCUT2D eigenvalue weighted by atomic mass is 9.93. The van der Waals surface area contributed by atoms with Crippen LogP contribution in [-0.2, 0) is 54.0 Å². The summed E-state index contributed by atoms with van der Waals surface area (Å²) in [7, 11) is -0.512. The van der Waals surface area contributed by atoms with Crippen LogP contribution in [0.1, 0.15) is 46.6 Å². The van der Waals surface area contributed by atoms with E-state index >= 15 is 8.78 Å². The van der Waals surface area contributed by atoms with Crippen LogP contribution in [0, 0.1) is 17.6 Å². The molecule has 20 heteroatoms. The summed E-state index contributed by atoms with van der Waals surface area (Å²) in [5, 5.41) is 15.1. The molecule has 3 atom stereocenters. The molecule has 6 aromatic rings. The van der Waals surface area contributed by atoms with Crippen molar-refractivity contribution in [3.63, 3.8) is 0 Å². The zero-order valence-electron chi connectivity index (χ0n) is 29.5. The van der Waals surface area contributed by atoms with Gasteiger partial charge in [0.15, 0.2) is 11.5 Å². The van der Waals surface area contributed by atoms with Crippen LogP contribution in [-0.4, -0.2) is 54.9 Å². The van der Waals surface area contributed by atoms with Crippen molar-refractivity contribution in [2.24, 2.45) is 20.0 Å². The molecule has 2 N–H and O–H groups in total. The first-order valence-electron chi connectivity index (χ1n) is 17.0. The summed E-state index contributed by atoms with van der Waals surface area (Å²) >= 11 is 0. The minimum atomic E-state index is -5.06. The second-order valence-electron chi connectivity index (χ2n) is 14.0. The van der Waals surface area contributed by atoms with Crippen LogP contribution in [0.25, 0.3) is 33.3 Å². The van der Waals surface area contributed by atoms with Crippen molar-refractivity contribution in [1.29, 1.82) is 0 Å². The van der Waals surface area contributed by atoms with E-state index in [1.165, 1.54) is 15.6 Å². The van der Waals surface area contributed by atoms with Crippen molar-refractivity contribution in [2.75, 3.05) is 11.0 Å². The number of aryl methyl sites for hydroxylation is 2. The Balaban J connectivity index is 1.27. The van der Waals surface area contributed by atoms with Crippen molar-refractivity contribution in [3.8, 4) is 22.4 Å². The topological polar surface area (TPSA) is 142 Å². The fraction of sp³-hybridized carbons (Fsp3) is 0.306. The molecule has 0 spiro atoms. The first-order valence-corrected chi connectivity index (χ1v) is 18.9. The molecule has 1 saturated carbocycles. The average Bonchev–Trinajstić information content (AvgIpc) is 3.33. The Kier molecular flexibility index (Phi) is 8.55. The maximum Gasteiger partial charge on any atom is 0.435 e. The van der Waals surface area contributed by atoms with Crippen LogP contribution in [0.4, 0.5) is 36.6 Å². The van der Waals surface area contributed by atoms with Crippen molar-refractivity contribution in [3.05, 3.63) is 101 Å². The Hall–Kier alpha value is -5.79. The summed E-state index contributed by atoms with van der Waals surface area (Å²) < 4.78 is 132. The lowest BCUT2D eigenvalue weighted by Crippen LogP contribution is -2.35. The lowest BCUT2D eigenvalue weighted by molar-refractivity contribution is -0.142. The van der Waals surface area contributed by atoms with Gasteiger partial charge in [-0.15, -0.1) is 0 Å². The first-order chi connectivity index (χ1) is 26.3. The summed E-state index contributed by atoms with van der Waals surface area (Å²) in [5.74, 6) is -8.90. The van der Waals surface area contributed by atoms with Crippen LogP contribution < -0.4 is 10.0 Å². The number of para-hydroxylation sites is 1. The Morgan fingerprint density at radius 3 is 2.43 bits per heavy atom. The molecule has 1 fully saturated rings. The summed E-state index contributed by atoms with van der Waals surface area (Å²) in [6, 6.07) is 9.65. The van der Waals surface area contributed by atoms with Gasteiger partial charge in [0.2, 0.25) is 15.9 Å². The summed E-state index contributed by atoms with van der Waals surface area (Å²) in [5.41, 5.74) is -0.833. The molecule has 292 valence electrons. The van der Waals surface area contributed by atoms with Crippen molar-refractivity contribution in [1.82, 2.24) is 39.6 Å². The number of carbonyl (C=O) groups is 1. The number of hydrogen-bond donors (Lipinski definition) is 2. The predicted octanol–water partition coefficient (Wildman–Crippen LogP) is 6.21. The molecule has 1 amide bonds. The number of carbonyl (C=O) groups excluding carboxylic acids is 1. The molecular formula is C36H30F7N9O3S. The fourth-order valence-electron chi connectivity index (χ4n) is 7.64. The van der Waals surface area contributed by atoms with Gasteiger partial charge in [0, 0.05) is 59.9 Å². The number of sulfonamides is 1. The fourth-order valence-corrected chi connectivity index (χ4v) is 8.14. The molecule has 12 nitrogen and oxygen atoms in total. The van der Waals surface area contributed by atoms with E-state index in [1.807, 2.05) is 0 Å². The maximum atomic E-state index is 15.4. The maximum absolute atomic E-state index is 15.4. The van der Waals surface area contributed by atoms with Gasteiger partial charge in [-0.25, -0.2) is 22.2 Å². The molecule has 56 heavy (non-hydrogen) atoms. The SMILES string of the molecule is Cn1cc(-c2ccc(-c3cccc4c(NS(C)(=O)=O)nn(C)c34)c(C(Cc3cc(F)cc(F)c3)NC(=O)Cn3nc(C(F)(F)F)c4c3C(F)(F)C3CC43)n2)cn1. The van der Waals surface area contributed by atoms with E-state index in [0.29, 0.717) is 44.0 Å². The molecule has 3 unspecified atom stereocenters. The van der Waals surface area contributed by atoms with Gasteiger partial charge in [0.1, 0.15) is 23.9 Å². The van der Waals surface area contributed by atoms with Gasteiger partial charge in [-0.2, -0.15) is 37.2 Å². The first kappa shape index (κ1) is 37.1. The van der Waals surface area contributed by atoms with E-state index in [0.717, 1.165) is 18.4 Å². The molecule has 0 saturated heterocycles. The predicted molar refractivity (Wildman–Crippen MR) is 188 cm³/mol. The molecular weight excluding hydrogens is 772 g/mol. The number of halogens is 7. The summed E-state index contributed by atoms with van der Waals surface area (Å²) in [6.07, 6.45) is -1.38. The van der Waals surface area contributed by atoms with Crippen LogP contribution in [0.5, 0.6) is 0 Å². The van der Waals surface area contributed by atoms with Crippen molar-refractivity contribution < 1.29 is 43.9 Å². The highest BCUT2D eigenvalue weighted by Crippen LogP contribution is 2.68. The Morgan fingerprint density at radius 2 is 1.77 bits per heavy atom. The van der Waals surface area contributed by atoms with Gasteiger partial charge < -0.3 is 5.32 Å². The quantitative estimate of drug-likeness (QED) is 0.157. The normalized spacial score (nSPS) is 17.8. The number of rotatable bonds is 10. The third-order valence-corrected chi connectivity index (χ3v) is 10.4. The molecule has 4 heterocycles. The largest absolute Gasteiger partial charge is 0.435 e. The van der Waals surface area contributed by atoms with Gasteiger partial charge in [-0.3, -0.25) is 23.6 Å². The lowest BCUT2D eigenvalue weighted by Gasteiger charge is -2.23. The third-order valence-electron chi connectivity index (χ3n) is 9.88. The highest BCUT2D eigenvalue weighted by atomic mass is 32.2. The van der Waals surface area contributed by atoms with Crippen LogP contribution in [0.3, 0.4) is 0 Å². The van der Waals surface area contributed by atoms with Gasteiger partial charge >= 0.3 is 6.18 Å². The zero-order valence-corrected chi connectivity index (χ0v) is 30.4. The minimum absolute atomic E-state index is 0.0212. The molecule has 2 aliphatic rings. The highest BCUT2D eigenvalue weighted by Gasteiger charge is 2.68. The van der Waals surface area contributed by atoms with E-state index < -0.39 is 81.0 Å². The molecule has 4 aromatic heterocycles. The van der Waals surface area contributed by atoms with Gasteiger partial charge in [-0.1, -0.05) is 18.2 Å². The average molecular weight is 802 g/mol. The number of anilines is 1. The summed E-state index contributed by atoms with van der Waals surface area (Å²) in [4.78, 5) is 18.8. The number of alkyl halides is 5. The molecule has 2 aromatic carbocycles. The number of fused-ring (bicyclic) bond motifs is 4. The van der Waals surface area contributed by atoms with Crippen LogP contribution in [0.15, 0.2) is 60.9 Å². The molecule has 8 rings (SSSR count). The van der Waals surface area contributed by atoms with E-state index in [-0.39, 0.29) is 29.9 Å². The van der Waals surface area contributed by atoms with Crippen molar-refractivity contribution in [2.45, 2.75) is 43.4 Å². The smallest absolute Gasteiger partial charge is 0.346 e. The standard InChI is InChI=1S/C36H30F7N9O3S/c1-50-15-18(14-44-50)26-8-7-21(22-5-4-6-23-31(22)51(2)48-34(23)49-56(3,54)55)30(46-26)27(11-17-9-19(37)12-20(38)10-17)45-28(53)16-52-33-29(32(47-52)36(41,42)43)24-13-25(24)35(33,39)40/h4-10,12,14-15,24-25,27H,11,13,16H2,1-3H3,(H,45,53)(H,48,49). The number of nitrogens with zero attached hydrogens (tertiary/aromatic N) is 7. The van der Waals surface area contributed by atoms with E-state index in [1.54, 1.807) is 50.6 Å². The number of aromatic nitrogens is 7. The number of hydrogen-bond acceptors (Lipinski definition) is 7. The van der Waals surface area contributed by atoms with E-state index in [2.05, 4.69) is 25.3 Å². The monoisotopic (exact) mass is 801 g/mol. The Labute approximate surface area is 313 Å². The number of nitrogens with one attached hydrogen (secondary N) is 2. The Bertz CT molecular complexity index is 2670. The number of pyridine rings is 1. The van der Waals surface area contributed by atoms with Crippen molar-refractivity contribution >= 4 is 32.7 Å². The zero-order chi connectivity index (χ0) is 40.1. The van der Waals surface area contributed by atoms with Gasteiger partial charge in [-0.05, 0) is 48.6 Å². The van der Waals surface area contributed by atoms with Crippen LogP contribution in [0.2, 0.25) is 0 Å². The van der Waals surface area contributed by atoms with E-state index in [9.17, 15) is 35.2 Å². The number of amides is 1. The Morgan fingerprint density at radius 1 is 1.04 bits per heavy atom. The second-order valence-corrected chi connectivity index (χ2v) is 15.8. The van der Waals surface area contributed by atoms with Gasteiger partial charge in [0.05, 0.1) is 35.4 Å².